The van der Waals surface area contributed by atoms with Gasteiger partial charge in [0.1, 0.15) is 0 Å². The summed E-state index contributed by atoms with van der Waals surface area (Å²) in [7, 11) is 4.26. The number of nitrogens with two attached hydrogens (primary N) is 1. The van der Waals surface area contributed by atoms with E-state index in [2.05, 4.69) is 25.9 Å². The van der Waals surface area contributed by atoms with Gasteiger partial charge in [0.25, 0.3) is 0 Å². The highest BCUT2D eigenvalue weighted by Crippen LogP contribution is 2.14. The number of hydrogen-bond acceptors (Lipinski definition) is 2. The standard InChI is InChI=1S/C10H24N2/c1-4-5-10(6-8-11)7-9-12(2)3/h10H,4-9,11H2,1-3H3. The third-order valence-electron chi connectivity index (χ3n) is 2.26. The summed E-state index contributed by atoms with van der Waals surface area (Å²) in [4.78, 5) is 2.25. The summed E-state index contributed by atoms with van der Waals surface area (Å²) in [5, 5.41) is 0. The van der Waals surface area contributed by atoms with E-state index in [0.29, 0.717) is 0 Å². The molecular formula is C10H24N2. The highest BCUT2D eigenvalue weighted by Gasteiger charge is 2.06. The second kappa shape index (κ2) is 7.56. The van der Waals surface area contributed by atoms with Crippen LogP contribution < -0.4 is 5.73 Å². The molecule has 0 aliphatic rings. The molecule has 2 nitrogen and oxygen atoms in total. The van der Waals surface area contributed by atoms with Gasteiger partial charge in [-0.05, 0) is 45.9 Å². The molecule has 0 aromatic heterocycles. The first-order valence-electron chi connectivity index (χ1n) is 5.05. The topological polar surface area (TPSA) is 29.3 Å². The van der Waals surface area contributed by atoms with Gasteiger partial charge in [-0.2, -0.15) is 0 Å². The summed E-state index contributed by atoms with van der Waals surface area (Å²) < 4.78 is 0. The molecule has 12 heavy (non-hydrogen) atoms. The lowest BCUT2D eigenvalue weighted by atomic mass is 9.96. The Hall–Kier alpha value is -0.0800. The van der Waals surface area contributed by atoms with Crippen molar-refractivity contribution in [3.63, 3.8) is 0 Å². The zero-order valence-electron chi connectivity index (χ0n) is 8.84. The quantitative estimate of drug-likeness (QED) is 0.633. The summed E-state index contributed by atoms with van der Waals surface area (Å²) in [5.74, 6) is 0.849. The maximum absolute atomic E-state index is 5.55. The van der Waals surface area contributed by atoms with Crippen LogP contribution in [0.1, 0.15) is 32.6 Å². The number of nitrogens with zero attached hydrogens (tertiary/aromatic N) is 1. The molecule has 0 aromatic rings. The van der Waals surface area contributed by atoms with Crippen LogP contribution in [0.25, 0.3) is 0 Å². The molecule has 2 heteroatoms. The van der Waals surface area contributed by atoms with Gasteiger partial charge in [0.05, 0.1) is 0 Å². The first kappa shape index (κ1) is 11.9. The van der Waals surface area contributed by atoms with Crippen LogP contribution in [0.3, 0.4) is 0 Å². The lowest BCUT2D eigenvalue weighted by Gasteiger charge is -2.17. The van der Waals surface area contributed by atoms with E-state index in [1.807, 2.05) is 0 Å². The Labute approximate surface area is 77.1 Å². The fraction of sp³-hybridized carbons (Fsp3) is 1.00. The SMILES string of the molecule is CCCC(CCN)CCN(C)C. The molecule has 0 aliphatic carbocycles. The number of rotatable bonds is 7. The van der Waals surface area contributed by atoms with Crippen molar-refractivity contribution >= 4 is 0 Å². The summed E-state index contributed by atoms with van der Waals surface area (Å²) in [6.07, 6.45) is 5.13. The van der Waals surface area contributed by atoms with Gasteiger partial charge in [-0.1, -0.05) is 19.8 Å². The average Bonchev–Trinajstić information content (AvgIpc) is 2.01. The highest BCUT2D eigenvalue weighted by atomic mass is 15.0. The van der Waals surface area contributed by atoms with Gasteiger partial charge in [-0.25, -0.2) is 0 Å². The second-order valence-corrected chi connectivity index (χ2v) is 3.82. The Balaban J connectivity index is 3.48. The minimum absolute atomic E-state index is 0.845. The minimum atomic E-state index is 0.845. The van der Waals surface area contributed by atoms with Crippen molar-refractivity contribution in [2.75, 3.05) is 27.2 Å². The molecule has 0 spiro atoms. The second-order valence-electron chi connectivity index (χ2n) is 3.82. The lowest BCUT2D eigenvalue weighted by molar-refractivity contribution is 0.328. The summed E-state index contributed by atoms with van der Waals surface area (Å²) >= 11 is 0. The Morgan fingerprint density at radius 2 is 1.83 bits per heavy atom. The Morgan fingerprint density at radius 3 is 2.25 bits per heavy atom. The van der Waals surface area contributed by atoms with Crippen molar-refractivity contribution in [3.8, 4) is 0 Å². The van der Waals surface area contributed by atoms with Gasteiger partial charge in [0.15, 0.2) is 0 Å². The van der Waals surface area contributed by atoms with Gasteiger partial charge in [-0.3, -0.25) is 0 Å². The molecule has 0 amide bonds. The first-order valence-corrected chi connectivity index (χ1v) is 5.05. The van der Waals surface area contributed by atoms with E-state index in [0.717, 1.165) is 12.5 Å². The average molecular weight is 172 g/mol. The van der Waals surface area contributed by atoms with Gasteiger partial charge < -0.3 is 10.6 Å². The molecule has 0 bridgehead atoms. The van der Waals surface area contributed by atoms with Crippen LogP contribution in [0.5, 0.6) is 0 Å². The largest absolute Gasteiger partial charge is 0.330 e. The van der Waals surface area contributed by atoms with E-state index in [9.17, 15) is 0 Å². The fourth-order valence-electron chi connectivity index (χ4n) is 1.52. The van der Waals surface area contributed by atoms with Crippen molar-refractivity contribution in [2.24, 2.45) is 11.7 Å². The third-order valence-corrected chi connectivity index (χ3v) is 2.26. The molecular weight excluding hydrogens is 148 g/mol. The Morgan fingerprint density at radius 1 is 1.17 bits per heavy atom. The Kier molecular flexibility index (Phi) is 7.51. The predicted molar refractivity (Wildman–Crippen MR) is 55.2 cm³/mol. The van der Waals surface area contributed by atoms with E-state index in [4.69, 9.17) is 5.73 Å². The van der Waals surface area contributed by atoms with E-state index in [-0.39, 0.29) is 0 Å². The maximum Gasteiger partial charge on any atom is -0.00222 e. The molecule has 0 fully saturated rings. The predicted octanol–water partition coefficient (Wildman–Crippen LogP) is 1.70. The fourth-order valence-corrected chi connectivity index (χ4v) is 1.52. The van der Waals surface area contributed by atoms with Gasteiger partial charge >= 0.3 is 0 Å². The normalized spacial score (nSPS) is 13.8. The zero-order valence-corrected chi connectivity index (χ0v) is 8.84. The Bertz CT molecular complexity index is 85.8. The molecule has 2 N–H and O–H groups in total. The smallest absolute Gasteiger partial charge is 0.00222 e. The van der Waals surface area contributed by atoms with Crippen LogP contribution in [-0.4, -0.2) is 32.1 Å². The van der Waals surface area contributed by atoms with Crippen molar-refractivity contribution < 1.29 is 0 Å². The van der Waals surface area contributed by atoms with Crippen LogP contribution >= 0.6 is 0 Å². The van der Waals surface area contributed by atoms with Gasteiger partial charge in [-0.15, -0.1) is 0 Å². The molecule has 0 rings (SSSR count). The highest BCUT2D eigenvalue weighted by molar-refractivity contribution is 4.61. The van der Waals surface area contributed by atoms with Crippen molar-refractivity contribution in [1.82, 2.24) is 4.90 Å². The van der Waals surface area contributed by atoms with Crippen molar-refractivity contribution in [2.45, 2.75) is 32.6 Å². The summed E-state index contributed by atoms with van der Waals surface area (Å²) in [5.41, 5.74) is 5.55. The molecule has 0 aromatic carbocycles. The molecule has 74 valence electrons. The van der Waals surface area contributed by atoms with Gasteiger partial charge in [0, 0.05) is 0 Å². The van der Waals surface area contributed by atoms with Crippen LogP contribution in [0.15, 0.2) is 0 Å². The van der Waals surface area contributed by atoms with E-state index in [1.165, 1.54) is 32.2 Å². The molecule has 0 saturated carbocycles. The summed E-state index contributed by atoms with van der Waals surface area (Å²) in [6, 6.07) is 0. The van der Waals surface area contributed by atoms with Crippen LogP contribution in [0, 0.1) is 5.92 Å². The van der Waals surface area contributed by atoms with E-state index < -0.39 is 0 Å². The third kappa shape index (κ3) is 6.62. The van der Waals surface area contributed by atoms with Gasteiger partial charge in [0.2, 0.25) is 0 Å². The van der Waals surface area contributed by atoms with Crippen molar-refractivity contribution in [1.29, 1.82) is 0 Å². The van der Waals surface area contributed by atoms with Crippen LogP contribution in [0.4, 0.5) is 0 Å². The summed E-state index contributed by atoms with van der Waals surface area (Å²) in [6.45, 7) is 4.29. The zero-order chi connectivity index (χ0) is 9.40. The van der Waals surface area contributed by atoms with Crippen molar-refractivity contribution in [3.05, 3.63) is 0 Å². The van der Waals surface area contributed by atoms with Crippen LogP contribution in [0.2, 0.25) is 0 Å². The lowest BCUT2D eigenvalue weighted by Crippen LogP contribution is -2.18. The maximum atomic E-state index is 5.55. The van der Waals surface area contributed by atoms with E-state index in [1.54, 1.807) is 0 Å². The number of hydrogen-bond donors (Lipinski definition) is 1. The first-order chi connectivity index (χ1) is 5.70. The molecule has 0 radical (unpaired) electrons. The van der Waals surface area contributed by atoms with Crippen LogP contribution in [-0.2, 0) is 0 Å². The molecule has 1 atom stereocenters. The monoisotopic (exact) mass is 172 g/mol. The molecule has 0 aliphatic heterocycles. The molecule has 1 unspecified atom stereocenters. The van der Waals surface area contributed by atoms with E-state index >= 15 is 0 Å². The minimum Gasteiger partial charge on any atom is -0.330 e. The molecule has 0 heterocycles. The molecule has 0 saturated heterocycles.